The van der Waals surface area contributed by atoms with Gasteiger partial charge in [0.1, 0.15) is 0 Å². The zero-order valence-corrected chi connectivity index (χ0v) is 10.3. The monoisotopic (exact) mass is 245 g/mol. The Morgan fingerprint density at radius 1 is 1.33 bits per heavy atom. The van der Waals surface area contributed by atoms with Gasteiger partial charge >= 0.3 is 0 Å². The van der Waals surface area contributed by atoms with Gasteiger partial charge in [0.05, 0.1) is 11.7 Å². The summed E-state index contributed by atoms with van der Waals surface area (Å²) in [4.78, 5) is 10.7. The molecule has 96 valence electrons. The molecular weight excluding hydrogens is 226 g/mol. The van der Waals surface area contributed by atoms with Gasteiger partial charge in [0.2, 0.25) is 6.41 Å². The van der Waals surface area contributed by atoms with Crippen molar-refractivity contribution in [2.45, 2.75) is 31.3 Å². The Labute approximate surface area is 107 Å². The molecule has 0 spiro atoms. The maximum atomic E-state index is 10.7. The van der Waals surface area contributed by atoms with Crippen molar-refractivity contribution >= 4 is 6.41 Å². The number of carbonyl (C=O) groups is 1. The summed E-state index contributed by atoms with van der Waals surface area (Å²) < 4.78 is 0. The highest BCUT2D eigenvalue weighted by Gasteiger charge is 2.17. The minimum Gasteiger partial charge on any atom is -0.399 e. The Morgan fingerprint density at radius 3 is 2.61 bits per heavy atom. The van der Waals surface area contributed by atoms with Gasteiger partial charge in [0.25, 0.3) is 0 Å². The molecule has 4 heteroatoms. The summed E-state index contributed by atoms with van der Waals surface area (Å²) in [6.07, 6.45) is 6.17. The third-order valence-electron chi connectivity index (χ3n) is 3.29. The van der Waals surface area contributed by atoms with E-state index in [0.717, 1.165) is 5.56 Å². The van der Waals surface area contributed by atoms with Crippen LogP contribution >= 0.6 is 0 Å². The van der Waals surface area contributed by atoms with Crippen LogP contribution in [0.4, 0.5) is 0 Å². The Hall–Kier alpha value is -1.97. The molecule has 1 fully saturated rings. The van der Waals surface area contributed by atoms with E-state index >= 15 is 0 Å². The summed E-state index contributed by atoms with van der Waals surface area (Å²) in [7, 11) is 0. The molecule has 0 aromatic heterocycles. The largest absolute Gasteiger partial charge is 0.399 e. The van der Waals surface area contributed by atoms with E-state index in [2.05, 4.69) is 10.6 Å². The highest BCUT2D eigenvalue weighted by atomic mass is 16.1. The average molecular weight is 245 g/mol. The predicted molar refractivity (Wildman–Crippen MR) is 71.4 cm³/mol. The Kier molecular flexibility index (Phi) is 4.23. The number of rotatable bonds is 6. The van der Waals surface area contributed by atoms with E-state index in [1.165, 1.54) is 19.3 Å². The van der Waals surface area contributed by atoms with Gasteiger partial charge in [-0.3, -0.25) is 4.79 Å². The number of carbonyl (C=O) groups excluding carboxylic acids is 1. The molecule has 2 rings (SSSR count). The number of nitrogens with one attached hydrogen (secondary N) is 2. The van der Waals surface area contributed by atoms with Crippen LogP contribution < -0.4 is 16.4 Å². The summed E-state index contributed by atoms with van der Waals surface area (Å²) in [6, 6.07) is 9.97. The Morgan fingerprint density at radius 2 is 2.06 bits per heavy atom. The number of hydrogen-bond donors (Lipinski definition) is 3. The van der Waals surface area contributed by atoms with Crippen molar-refractivity contribution in [1.29, 1.82) is 0 Å². The molecule has 1 aliphatic carbocycles. The van der Waals surface area contributed by atoms with Crippen molar-refractivity contribution < 1.29 is 4.79 Å². The van der Waals surface area contributed by atoms with E-state index in [9.17, 15) is 4.79 Å². The lowest BCUT2D eigenvalue weighted by Crippen LogP contribution is -2.33. The zero-order chi connectivity index (χ0) is 12.8. The molecule has 4 N–H and O–H groups in total. The summed E-state index contributed by atoms with van der Waals surface area (Å²) in [6.45, 7) is 0. The first-order valence-corrected chi connectivity index (χ1v) is 6.27. The fraction of sp³-hybridized carbons (Fsp3) is 0.357. The van der Waals surface area contributed by atoms with Crippen LogP contribution in [0.25, 0.3) is 0 Å². The first-order chi connectivity index (χ1) is 8.81. The van der Waals surface area contributed by atoms with Crippen LogP contribution in [0.15, 0.2) is 42.2 Å². The second-order valence-corrected chi connectivity index (χ2v) is 4.57. The molecule has 1 unspecified atom stereocenters. The lowest BCUT2D eigenvalue weighted by atomic mass is 9.93. The molecule has 0 heterocycles. The van der Waals surface area contributed by atoms with E-state index in [1.807, 2.05) is 36.5 Å². The molecule has 1 aliphatic rings. The van der Waals surface area contributed by atoms with Crippen LogP contribution in [0.5, 0.6) is 0 Å². The van der Waals surface area contributed by atoms with Crippen LogP contribution in [-0.2, 0) is 4.79 Å². The molecule has 0 aliphatic heterocycles. The number of benzene rings is 1. The van der Waals surface area contributed by atoms with E-state index < -0.39 is 0 Å². The van der Waals surface area contributed by atoms with Crippen LogP contribution in [0.1, 0.15) is 30.9 Å². The number of nitrogens with two attached hydrogens (primary N) is 1. The molecule has 1 amide bonds. The molecule has 0 bridgehead atoms. The van der Waals surface area contributed by atoms with E-state index in [4.69, 9.17) is 5.73 Å². The molecule has 1 saturated carbocycles. The molecule has 0 saturated heterocycles. The quantitative estimate of drug-likeness (QED) is 0.664. The molecular formula is C14H19N3O. The third-order valence-corrected chi connectivity index (χ3v) is 3.29. The zero-order valence-electron chi connectivity index (χ0n) is 10.3. The lowest BCUT2D eigenvalue weighted by Gasteiger charge is -2.26. The molecule has 1 aromatic rings. The maximum absolute atomic E-state index is 10.7. The van der Waals surface area contributed by atoms with Gasteiger partial charge in [-0.15, -0.1) is 0 Å². The van der Waals surface area contributed by atoms with E-state index in [0.29, 0.717) is 18.1 Å². The van der Waals surface area contributed by atoms with Gasteiger partial charge in [0.15, 0.2) is 0 Å². The van der Waals surface area contributed by atoms with Gasteiger partial charge in [-0.2, -0.15) is 0 Å². The van der Waals surface area contributed by atoms with Crippen molar-refractivity contribution in [1.82, 2.24) is 10.6 Å². The molecule has 1 aromatic carbocycles. The average Bonchev–Trinajstić information content (AvgIpc) is 2.35. The Balaban J connectivity index is 2.06. The van der Waals surface area contributed by atoms with E-state index in [-0.39, 0.29) is 6.04 Å². The highest BCUT2D eigenvalue weighted by molar-refractivity contribution is 5.49. The molecule has 1 atom stereocenters. The summed E-state index contributed by atoms with van der Waals surface area (Å²) in [5.41, 5.74) is 7.65. The number of hydrogen-bond acceptors (Lipinski definition) is 3. The summed E-state index contributed by atoms with van der Waals surface area (Å²) in [5.74, 6) is 0. The fourth-order valence-electron chi connectivity index (χ4n) is 1.97. The standard InChI is InChI=1S/C14H19N3O/c15-13(9-16-12-7-4-8-12)14(17-10-18)11-5-2-1-3-6-11/h1-3,5-6,9-10,12,14,16H,4,7-8,15H2,(H,17,18)/b13-9-. The smallest absolute Gasteiger partial charge is 0.207 e. The van der Waals surface area contributed by atoms with Gasteiger partial charge in [-0.05, 0) is 24.8 Å². The minimum absolute atomic E-state index is 0.267. The van der Waals surface area contributed by atoms with E-state index in [1.54, 1.807) is 0 Å². The fourth-order valence-corrected chi connectivity index (χ4v) is 1.97. The van der Waals surface area contributed by atoms with Crippen molar-refractivity contribution in [3.8, 4) is 0 Å². The molecule has 0 radical (unpaired) electrons. The van der Waals surface area contributed by atoms with Crippen LogP contribution in [-0.4, -0.2) is 12.5 Å². The lowest BCUT2D eigenvalue weighted by molar-refractivity contribution is -0.110. The van der Waals surface area contributed by atoms with Crippen molar-refractivity contribution in [2.24, 2.45) is 5.73 Å². The first kappa shape index (κ1) is 12.5. The Bertz CT molecular complexity index is 412. The van der Waals surface area contributed by atoms with Crippen molar-refractivity contribution in [3.63, 3.8) is 0 Å². The second kappa shape index (κ2) is 6.10. The molecule has 4 nitrogen and oxygen atoms in total. The van der Waals surface area contributed by atoms with Gasteiger partial charge in [-0.1, -0.05) is 30.3 Å². The highest BCUT2D eigenvalue weighted by Crippen LogP contribution is 2.20. The van der Waals surface area contributed by atoms with Gasteiger partial charge < -0.3 is 16.4 Å². The summed E-state index contributed by atoms with van der Waals surface area (Å²) in [5, 5.41) is 6.03. The minimum atomic E-state index is -0.267. The number of amides is 1. The first-order valence-electron chi connectivity index (χ1n) is 6.27. The second-order valence-electron chi connectivity index (χ2n) is 4.57. The third kappa shape index (κ3) is 3.03. The predicted octanol–water partition coefficient (Wildman–Crippen LogP) is 1.42. The van der Waals surface area contributed by atoms with Crippen LogP contribution in [0.2, 0.25) is 0 Å². The normalized spacial score (nSPS) is 17.7. The van der Waals surface area contributed by atoms with Crippen molar-refractivity contribution in [2.75, 3.05) is 0 Å². The van der Waals surface area contributed by atoms with Gasteiger partial charge in [0, 0.05) is 12.2 Å². The van der Waals surface area contributed by atoms with Gasteiger partial charge in [-0.25, -0.2) is 0 Å². The molecule has 18 heavy (non-hydrogen) atoms. The SMILES string of the molecule is N/C(=C\NC1CCC1)C(NC=O)c1ccccc1. The van der Waals surface area contributed by atoms with Crippen LogP contribution in [0.3, 0.4) is 0 Å². The maximum Gasteiger partial charge on any atom is 0.207 e. The van der Waals surface area contributed by atoms with Crippen LogP contribution in [0, 0.1) is 0 Å². The van der Waals surface area contributed by atoms with Crippen molar-refractivity contribution in [3.05, 3.63) is 47.8 Å². The summed E-state index contributed by atoms with van der Waals surface area (Å²) >= 11 is 0. The topological polar surface area (TPSA) is 67.2 Å².